The fraction of sp³-hybridized carbons (Fsp3) is 0.414. The minimum atomic E-state index is -0.0931. The maximum Gasteiger partial charge on any atom is 0.224 e. The quantitative estimate of drug-likeness (QED) is 0.606. The topological polar surface area (TPSA) is 58.4 Å². The van der Waals surface area contributed by atoms with E-state index in [1.807, 2.05) is 6.92 Å². The first kappa shape index (κ1) is 24.2. The second kappa shape index (κ2) is 10.2. The van der Waals surface area contributed by atoms with Crippen LogP contribution in [0.5, 0.6) is 0 Å². The van der Waals surface area contributed by atoms with Gasteiger partial charge in [-0.25, -0.2) is 0 Å². The van der Waals surface area contributed by atoms with Crippen molar-refractivity contribution in [1.82, 2.24) is 10.2 Å². The van der Waals surface area contributed by atoms with Crippen molar-refractivity contribution in [3.05, 3.63) is 95.3 Å². The molecular formula is C29H39N4O+. The van der Waals surface area contributed by atoms with Gasteiger partial charge in [-0.1, -0.05) is 73.7 Å². The monoisotopic (exact) mass is 459 g/mol. The molecule has 0 saturated carbocycles. The number of nitrogens with zero attached hydrogens (tertiary/aromatic N) is 2. The predicted octanol–water partition coefficient (Wildman–Crippen LogP) is 4.34. The van der Waals surface area contributed by atoms with Gasteiger partial charge in [-0.05, 0) is 24.5 Å². The predicted molar refractivity (Wildman–Crippen MR) is 139 cm³/mol. The van der Waals surface area contributed by atoms with Gasteiger partial charge in [-0.2, -0.15) is 0 Å². The molecule has 0 aromatic heterocycles. The molecule has 0 bridgehead atoms. The zero-order chi connectivity index (χ0) is 24.2. The molecule has 5 heteroatoms. The number of nitrogens with one attached hydrogen (secondary N) is 1. The van der Waals surface area contributed by atoms with Crippen LogP contribution in [0.25, 0.3) is 0 Å². The molecule has 0 radical (unpaired) electrons. The van der Waals surface area contributed by atoms with Crippen molar-refractivity contribution in [3.8, 4) is 0 Å². The molecule has 2 aromatic rings. The highest BCUT2D eigenvalue weighted by atomic mass is 16.1. The Kier molecular flexibility index (Phi) is 7.24. The second-order valence-electron chi connectivity index (χ2n) is 10.2. The standard InChI is InChI=1S/C29H38N4O/c1-4-11-27(34)31-26-16-17-29(2,22-25(26)30)33(3)20-18-32(19-21-33)28(23-12-7-5-8-13-23)24-14-9-6-10-15-24/h5-10,12-16,22,28H,4,11,17-21,30H2,1-3H3/p+1. The Hall–Kier alpha value is -2.89. The molecule has 1 aliphatic carbocycles. The summed E-state index contributed by atoms with van der Waals surface area (Å²) in [6.07, 6.45) is 6.53. The van der Waals surface area contributed by atoms with Gasteiger partial charge in [0.1, 0.15) is 5.54 Å². The van der Waals surface area contributed by atoms with Gasteiger partial charge in [-0.3, -0.25) is 9.69 Å². The number of amides is 1. The lowest BCUT2D eigenvalue weighted by Gasteiger charge is -2.53. The number of nitrogens with two attached hydrogens (primary N) is 1. The van der Waals surface area contributed by atoms with E-state index in [9.17, 15) is 4.79 Å². The number of carbonyl (C=O) groups excluding carboxylic acids is 1. The molecular weight excluding hydrogens is 420 g/mol. The van der Waals surface area contributed by atoms with Gasteiger partial charge in [0.25, 0.3) is 0 Å². The summed E-state index contributed by atoms with van der Waals surface area (Å²) in [5, 5.41) is 2.99. The van der Waals surface area contributed by atoms with Crippen molar-refractivity contribution < 1.29 is 9.28 Å². The van der Waals surface area contributed by atoms with E-state index in [0.29, 0.717) is 12.1 Å². The van der Waals surface area contributed by atoms with Crippen LogP contribution < -0.4 is 11.1 Å². The van der Waals surface area contributed by atoms with Gasteiger partial charge >= 0.3 is 0 Å². The molecule has 1 saturated heterocycles. The molecule has 1 atom stereocenters. The molecule has 1 unspecified atom stereocenters. The van der Waals surface area contributed by atoms with E-state index in [1.165, 1.54) is 11.1 Å². The van der Waals surface area contributed by atoms with E-state index in [2.05, 4.69) is 97.0 Å². The van der Waals surface area contributed by atoms with Gasteiger partial charge in [0.15, 0.2) is 0 Å². The lowest BCUT2D eigenvalue weighted by Crippen LogP contribution is -2.67. The van der Waals surface area contributed by atoms with Crippen LogP contribution in [0.1, 0.15) is 50.3 Å². The molecule has 1 aliphatic heterocycles. The minimum absolute atomic E-state index is 0.0376. The van der Waals surface area contributed by atoms with E-state index >= 15 is 0 Å². The third-order valence-electron chi connectivity index (χ3n) is 7.84. The van der Waals surface area contributed by atoms with Crippen molar-refractivity contribution in [2.45, 2.75) is 44.7 Å². The highest BCUT2D eigenvalue weighted by Crippen LogP contribution is 2.37. The minimum Gasteiger partial charge on any atom is -0.397 e. The smallest absolute Gasteiger partial charge is 0.224 e. The van der Waals surface area contributed by atoms with Gasteiger partial charge in [0, 0.05) is 32.0 Å². The average Bonchev–Trinajstić information content (AvgIpc) is 2.84. The molecule has 34 heavy (non-hydrogen) atoms. The summed E-state index contributed by atoms with van der Waals surface area (Å²) in [6.45, 7) is 8.43. The van der Waals surface area contributed by atoms with Crippen LogP contribution in [0.15, 0.2) is 84.2 Å². The number of hydrogen-bond donors (Lipinski definition) is 2. The highest BCUT2D eigenvalue weighted by molar-refractivity contribution is 5.78. The molecule has 0 spiro atoms. The largest absolute Gasteiger partial charge is 0.397 e. The number of quaternary nitrogens is 1. The Labute approximate surface area is 204 Å². The molecule has 4 rings (SSSR count). The molecule has 5 nitrogen and oxygen atoms in total. The van der Waals surface area contributed by atoms with Gasteiger partial charge in [0.2, 0.25) is 5.91 Å². The Morgan fingerprint density at radius 2 is 1.62 bits per heavy atom. The van der Waals surface area contributed by atoms with Crippen molar-refractivity contribution in [2.75, 3.05) is 33.2 Å². The number of likely N-dealkylation sites (N-methyl/N-ethyl adjacent to an activating group) is 1. The van der Waals surface area contributed by atoms with Crippen molar-refractivity contribution in [3.63, 3.8) is 0 Å². The van der Waals surface area contributed by atoms with E-state index in [-0.39, 0.29) is 17.5 Å². The fourth-order valence-electron chi connectivity index (χ4n) is 5.41. The molecule has 1 heterocycles. The third kappa shape index (κ3) is 4.96. The summed E-state index contributed by atoms with van der Waals surface area (Å²) >= 11 is 0. The Morgan fingerprint density at radius 3 is 2.12 bits per heavy atom. The maximum absolute atomic E-state index is 12.1. The van der Waals surface area contributed by atoms with Crippen molar-refractivity contribution in [1.29, 1.82) is 0 Å². The van der Waals surface area contributed by atoms with E-state index in [4.69, 9.17) is 5.73 Å². The number of rotatable bonds is 7. The summed E-state index contributed by atoms with van der Waals surface area (Å²) in [6, 6.07) is 21.9. The van der Waals surface area contributed by atoms with Crippen molar-refractivity contribution >= 4 is 5.91 Å². The fourth-order valence-corrected chi connectivity index (χ4v) is 5.41. The summed E-state index contributed by atoms with van der Waals surface area (Å²) < 4.78 is 0.938. The van der Waals surface area contributed by atoms with Crippen LogP contribution in [0.2, 0.25) is 0 Å². The second-order valence-corrected chi connectivity index (χ2v) is 10.2. The zero-order valence-corrected chi connectivity index (χ0v) is 20.8. The number of hydrogen-bond acceptors (Lipinski definition) is 3. The van der Waals surface area contributed by atoms with Crippen LogP contribution >= 0.6 is 0 Å². The first-order chi connectivity index (χ1) is 16.4. The van der Waals surface area contributed by atoms with Crippen LogP contribution in [0.3, 0.4) is 0 Å². The Bertz CT molecular complexity index is 999. The normalized spacial score (nSPS) is 22.7. The summed E-state index contributed by atoms with van der Waals surface area (Å²) in [5.41, 5.74) is 10.5. The first-order valence-electron chi connectivity index (χ1n) is 12.5. The zero-order valence-electron chi connectivity index (χ0n) is 20.8. The van der Waals surface area contributed by atoms with E-state index in [1.54, 1.807) is 0 Å². The SMILES string of the molecule is CCCC(=O)NC1=CCC(C)([N+]2(C)CCN(C(c3ccccc3)c3ccccc3)CC2)C=C1N. The lowest BCUT2D eigenvalue weighted by molar-refractivity contribution is -0.953. The molecule has 2 aromatic carbocycles. The summed E-state index contributed by atoms with van der Waals surface area (Å²) in [5.74, 6) is 0.0376. The van der Waals surface area contributed by atoms with Crippen LogP contribution in [-0.2, 0) is 4.79 Å². The summed E-state index contributed by atoms with van der Waals surface area (Å²) in [4.78, 5) is 14.7. The van der Waals surface area contributed by atoms with Gasteiger partial charge < -0.3 is 15.5 Å². The van der Waals surface area contributed by atoms with Crippen LogP contribution in [0, 0.1) is 0 Å². The highest BCUT2D eigenvalue weighted by Gasteiger charge is 2.46. The molecule has 2 aliphatic rings. The maximum atomic E-state index is 12.1. The Morgan fingerprint density at radius 1 is 1.06 bits per heavy atom. The number of piperazine rings is 1. The molecule has 1 amide bonds. The van der Waals surface area contributed by atoms with Crippen LogP contribution in [-0.4, -0.2) is 54.1 Å². The third-order valence-corrected chi connectivity index (χ3v) is 7.84. The van der Waals surface area contributed by atoms with Gasteiger partial charge in [-0.15, -0.1) is 0 Å². The molecule has 1 fully saturated rings. The number of benzene rings is 2. The Balaban J connectivity index is 1.50. The molecule has 180 valence electrons. The van der Waals surface area contributed by atoms with Gasteiger partial charge in [0.05, 0.1) is 37.6 Å². The average molecular weight is 460 g/mol. The summed E-state index contributed by atoms with van der Waals surface area (Å²) in [7, 11) is 2.36. The first-order valence-corrected chi connectivity index (χ1v) is 12.5. The van der Waals surface area contributed by atoms with E-state index < -0.39 is 0 Å². The van der Waals surface area contributed by atoms with Crippen molar-refractivity contribution in [2.24, 2.45) is 5.73 Å². The van der Waals surface area contributed by atoms with Crippen LogP contribution in [0.4, 0.5) is 0 Å². The van der Waals surface area contributed by atoms with E-state index in [0.717, 1.165) is 49.2 Å². The molecule has 3 N–H and O–H groups in total. The lowest BCUT2D eigenvalue weighted by atomic mass is 9.85. The number of carbonyl (C=O) groups is 1.